The lowest BCUT2D eigenvalue weighted by Gasteiger charge is -2.11. The molecule has 0 nitrogen and oxygen atoms in total. The van der Waals surface area contributed by atoms with E-state index < -0.39 is 11.6 Å². The Labute approximate surface area is 130 Å². The number of rotatable bonds is 2. The van der Waals surface area contributed by atoms with Crippen LogP contribution in [-0.4, -0.2) is 0 Å². The molecule has 0 heterocycles. The summed E-state index contributed by atoms with van der Waals surface area (Å²) in [4.78, 5) is 0. The van der Waals surface area contributed by atoms with E-state index in [1.807, 2.05) is 54.6 Å². The highest BCUT2D eigenvalue weighted by atomic mass is 79.9. The number of benzene rings is 3. The summed E-state index contributed by atoms with van der Waals surface area (Å²) in [7, 11) is 0. The highest BCUT2D eigenvalue weighted by molar-refractivity contribution is 9.10. The summed E-state index contributed by atoms with van der Waals surface area (Å²) in [5.74, 6) is -1.21. The molecule has 0 fully saturated rings. The average Bonchev–Trinajstić information content (AvgIpc) is 2.53. The second kappa shape index (κ2) is 5.78. The summed E-state index contributed by atoms with van der Waals surface area (Å²) in [5, 5.41) is 0. The summed E-state index contributed by atoms with van der Waals surface area (Å²) >= 11 is 2.90. The molecule has 0 aliphatic heterocycles. The van der Waals surface area contributed by atoms with Crippen molar-refractivity contribution in [2.45, 2.75) is 0 Å². The monoisotopic (exact) mass is 344 g/mol. The first kappa shape index (κ1) is 14.0. The molecule has 0 radical (unpaired) electrons. The Morgan fingerprint density at radius 1 is 0.619 bits per heavy atom. The van der Waals surface area contributed by atoms with Crippen molar-refractivity contribution in [1.29, 1.82) is 0 Å². The van der Waals surface area contributed by atoms with Crippen LogP contribution >= 0.6 is 15.9 Å². The molecule has 3 rings (SSSR count). The van der Waals surface area contributed by atoms with Gasteiger partial charge in [0.1, 0.15) is 11.6 Å². The van der Waals surface area contributed by atoms with Crippen LogP contribution in [0.4, 0.5) is 8.78 Å². The van der Waals surface area contributed by atoms with Gasteiger partial charge in [-0.2, -0.15) is 0 Å². The quantitative estimate of drug-likeness (QED) is 0.495. The first-order chi connectivity index (χ1) is 10.2. The maximum absolute atomic E-state index is 13.8. The summed E-state index contributed by atoms with van der Waals surface area (Å²) in [6.45, 7) is 0. The van der Waals surface area contributed by atoms with Crippen LogP contribution in [0.2, 0.25) is 0 Å². The Morgan fingerprint density at radius 2 is 1.10 bits per heavy atom. The van der Waals surface area contributed by atoms with Crippen LogP contribution in [-0.2, 0) is 0 Å². The minimum absolute atomic E-state index is 0.136. The van der Waals surface area contributed by atoms with Crippen molar-refractivity contribution in [3.63, 3.8) is 0 Å². The molecule has 0 aliphatic rings. The predicted octanol–water partition coefficient (Wildman–Crippen LogP) is 6.06. The fraction of sp³-hybridized carbons (Fsp3) is 0. The van der Waals surface area contributed by atoms with E-state index in [0.29, 0.717) is 5.56 Å². The third-order valence-corrected chi connectivity index (χ3v) is 4.06. The number of hydrogen-bond donors (Lipinski definition) is 0. The topological polar surface area (TPSA) is 0 Å². The zero-order valence-corrected chi connectivity index (χ0v) is 12.6. The van der Waals surface area contributed by atoms with Crippen molar-refractivity contribution in [2.24, 2.45) is 0 Å². The zero-order chi connectivity index (χ0) is 14.8. The lowest BCUT2D eigenvalue weighted by atomic mass is 9.94. The van der Waals surface area contributed by atoms with Gasteiger partial charge in [-0.25, -0.2) is 8.78 Å². The summed E-state index contributed by atoms with van der Waals surface area (Å²) in [6.07, 6.45) is 0. The maximum Gasteiger partial charge on any atom is 0.140 e. The molecule has 21 heavy (non-hydrogen) atoms. The van der Waals surface area contributed by atoms with Crippen molar-refractivity contribution in [3.8, 4) is 22.3 Å². The van der Waals surface area contributed by atoms with Crippen LogP contribution in [0.1, 0.15) is 0 Å². The third-order valence-electron chi connectivity index (χ3n) is 3.31. The second-order valence-corrected chi connectivity index (χ2v) is 5.46. The SMILES string of the molecule is Fc1cc(-c2ccccc2-c2ccccc2)cc(F)c1Br. The fourth-order valence-electron chi connectivity index (χ4n) is 2.32. The number of halogens is 3. The molecule has 0 spiro atoms. The lowest BCUT2D eigenvalue weighted by molar-refractivity contribution is 0.573. The van der Waals surface area contributed by atoms with Gasteiger partial charge in [-0.3, -0.25) is 0 Å². The van der Waals surface area contributed by atoms with Gasteiger partial charge in [0.05, 0.1) is 4.47 Å². The van der Waals surface area contributed by atoms with E-state index in [1.165, 1.54) is 12.1 Å². The normalized spacial score (nSPS) is 10.6. The van der Waals surface area contributed by atoms with Gasteiger partial charge in [-0.1, -0.05) is 54.6 Å². The van der Waals surface area contributed by atoms with Crippen LogP contribution in [0.3, 0.4) is 0 Å². The number of hydrogen-bond acceptors (Lipinski definition) is 0. The lowest BCUT2D eigenvalue weighted by Crippen LogP contribution is -1.90. The standard InChI is InChI=1S/C18H11BrF2/c19-18-16(20)10-13(11-17(18)21)15-9-5-4-8-14(15)12-6-2-1-3-7-12/h1-11H. The average molecular weight is 345 g/mol. The minimum Gasteiger partial charge on any atom is -0.206 e. The highest BCUT2D eigenvalue weighted by Crippen LogP contribution is 2.34. The zero-order valence-electron chi connectivity index (χ0n) is 11.0. The molecule has 0 bridgehead atoms. The van der Waals surface area contributed by atoms with E-state index >= 15 is 0 Å². The van der Waals surface area contributed by atoms with Crippen molar-refractivity contribution in [2.75, 3.05) is 0 Å². The smallest absolute Gasteiger partial charge is 0.140 e. The largest absolute Gasteiger partial charge is 0.206 e. The van der Waals surface area contributed by atoms with Gasteiger partial charge in [-0.15, -0.1) is 0 Å². The summed E-state index contributed by atoms with van der Waals surface area (Å²) < 4.78 is 27.4. The summed E-state index contributed by atoms with van der Waals surface area (Å²) in [6, 6.07) is 20.0. The molecular formula is C18H11BrF2. The molecule has 3 heteroatoms. The molecule has 0 N–H and O–H groups in total. The first-order valence-corrected chi connectivity index (χ1v) is 7.25. The van der Waals surface area contributed by atoms with Gasteiger partial charge in [-0.05, 0) is 50.3 Å². The van der Waals surface area contributed by atoms with Gasteiger partial charge in [0.2, 0.25) is 0 Å². The van der Waals surface area contributed by atoms with Crippen molar-refractivity contribution >= 4 is 15.9 Å². The van der Waals surface area contributed by atoms with E-state index in [2.05, 4.69) is 15.9 Å². The fourth-order valence-corrected chi connectivity index (χ4v) is 2.54. The van der Waals surface area contributed by atoms with Gasteiger partial charge in [0.25, 0.3) is 0 Å². The van der Waals surface area contributed by atoms with Crippen LogP contribution < -0.4 is 0 Å². The second-order valence-electron chi connectivity index (χ2n) is 4.67. The first-order valence-electron chi connectivity index (χ1n) is 6.46. The van der Waals surface area contributed by atoms with E-state index in [4.69, 9.17) is 0 Å². The van der Waals surface area contributed by atoms with Crippen molar-refractivity contribution in [1.82, 2.24) is 0 Å². The molecule has 0 atom stereocenters. The Bertz CT molecular complexity index is 759. The molecule has 0 amide bonds. The van der Waals surface area contributed by atoms with E-state index in [1.54, 1.807) is 0 Å². The Kier molecular flexibility index (Phi) is 3.84. The Hall–Kier alpha value is -2.00. The van der Waals surface area contributed by atoms with Crippen LogP contribution in [0.25, 0.3) is 22.3 Å². The molecule has 3 aromatic rings. The van der Waals surface area contributed by atoms with E-state index in [0.717, 1.165) is 16.7 Å². The van der Waals surface area contributed by atoms with E-state index in [9.17, 15) is 8.78 Å². The summed E-state index contributed by atoms with van der Waals surface area (Å²) in [5.41, 5.74) is 3.28. The molecule has 0 saturated carbocycles. The molecular weight excluding hydrogens is 334 g/mol. The molecule has 0 saturated heterocycles. The van der Waals surface area contributed by atoms with Crippen molar-refractivity contribution < 1.29 is 8.78 Å². The molecule has 104 valence electrons. The van der Waals surface area contributed by atoms with Crippen LogP contribution in [0.15, 0.2) is 71.2 Å². The minimum atomic E-state index is -0.604. The maximum atomic E-state index is 13.8. The molecule has 0 unspecified atom stereocenters. The highest BCUT2D eigenvalue weighted by Gasteiger charge is 2.12. The van der Waals surface area contributed by atoms with Crippen molar-refractivity contribution in [3.05, 3.63) is 82.8 Å². The molecule has 3 aromatic carbocycles. The van der Waals surface area contributed by atoms with Crippen LogP contribution in [0.5, 0.6) is 0 Å². The van der Waals surface area contributed by atoms with Gasteiger partial charge in [0, 0.05) is 0 Å². The third kappa shape index (κ3) is 2.74. The van der Waals surface area contributed by atoms with E-state index in [-0.39, 0.29) is 4.47 Å². The molecule has 0 aliphatic carbocycles. The van der Waals surface area contributed by atoms with Gasteiger partial charge >= 0.3 is 0 Å². The Morgan fingerprint density at radius 3 is 1.67 bits per heavy atom. The molecule has 0 aromatic heterocycles. The predicted molar refractivity (Wildman–Crippen MR) is 84.9 cm³/mol. The Balaban J connectivity index is 2.21. The van der Waals surface area contributed by atoms with Crippen LogP contribution in [0, 0.1) is 11.6 Å². The van der Waals surface area contributed by atoms with Gasteiger partial charge in [0.15, 0.2) is 0 Å². The van der Waals surface area contributed by atoms with Gasteiger partial charge < -0.3 is 0 Å².